The lowest BCUT2D eigenvalue weighted by molar-refractivity contribution is -0.175. The van der Waals surface area contributed by atoms with Gasteiger partial charge < -0.3 is 10.1 Å². The molecule has 1 rings (SSSR count). The van der Waals surface area contributed by atoms with Gasteiger partial charge in [0.15, 0.2) is 0 Å². The monoisotopic (exact) mass is 331 g/mol. The molecule has 0 aliphatic carbocycles. The molecule has 0 saturated heterocycles. The molecule has 0 bridgehead atoms. The van der Waals surface area contributed by atoms with Crippen LogP contribution in [0.25, 0.3) is 0 Å². The van der Waals surface area contributed by atoms with Gasteiger partial charge in [-0.15, -0.1) is 11.3 Å². The first-order valence-electron chi connectivity index (χ1n) is 4.96. The minimum Gasteiger partial charge on any atom is -0.370 e. The Morgan fingerprint density at radius 1 is 1.47 bits per heavy atom. The number of nitrogens with one attached hydrogen (secondary N) is 1. The smallest absolute Gasteiger partial charge is 0.370 e. The van der Waals surface area contributed by atoms with Crippen molar-refractivity contribution in [2.45, 2.75) is 18.6 Å². The SMILES string of the molecule is CNC(COCC(F)(F)F)Cc1ccc(Br)s1. The zero-order valence-electron chi connectivity index (χ0n) is 9.18. The predicted molar refractivity (Wildman–Crippen MR) is 65.4 cm³/mol. The molecule has 7 heteroatoms. The molecule has 1 aromatic rings. The van der Waals surface area contributed by atoms with E-state index in [9.17, 15) is 13.2 Å². The molecule has 1 unspecified atom stereocenters. The molecule has 0 aliphatic rings. The molecule has 1 heterocycles. The topological polar surface area (TPSA) is 21.3 Å². The van der Waals surface area contributed by atoms with Gasteiger partial charge in [-0.25, -0.2) is 0 Å². The Hall–Kier alpha value is -0.110. The summed E-state index contributed by atoms with van der Waals surface area (Å²) in [6, 6.07) is 3.76. The average molecular weight is 332 g/mol. The summed E-state index contributed by atoms with van der Waals surface area (Å²) in [6.07, 6.45) is -3.60. The molecule has 0 fully saturated rings. The van der Waals surface area contributed by atoms with E-state index >= 15 is 0 Å². The molecule has 1 atom stereocenters. The van der Waals surface area contributed by atoms with Gasteiger partial charge in [0, 0.05) is 10.9 Å². The summed E-state index contributed by atoms with van der Waals surface area (Å²) in [7, 11) is 1.71. The van der Waals surface area contributed by atoms with Gasteiger partial charge in [-0.3, -0.25) is 0 Å². The van der Waals surface area contributed by atoms with E-state index in [1.165, 1.54) is 0 Å². The van der Waals surface area contributed by atoms with Crippen molar-refractivity contribution in [3.05, 3.63) is 20.8 Å². The van der Waals surface area contributed by atoms with Crippen LogP contribution in [0.5, 0.6) is 0 Å². The highest BCUT2D eigenvalue weighted by Crippen LogP contribution is 2.23. The van der Waals surface area contributed by atoms with Crippen LogP contribution in [0.1, 0.15) is 4.88 Å². The van der Waals surface area contributed by atoms with Crippen LogP contribution in [0.3, 0.4) is 0 Å². The second-order valence-electron chi connectivity index (χ2n) is 3.53. The van der Waals surface area contributed by atoms with Crippen LogP contribution in [0.4, 0.5) is 13.2 Å². The summed E-state index contributed by atoms with van der Waals surface area (Å²) >= 11 is 4.91. The zero-order chi connectivity index (χ0) is 12.9. The fraction of sp³-hybridized carbons (Fsp3) is 0.600. The first-order valence-corrected chi connectivity index (χ1v) is 6.57. The van der Waals surface area contributed by atoms with E-state index < -0.39 is 12.8 Å². The molecule has 17 heavy (non-hydrogen) atoms. The lowest BCUT2D eigenvalue weighted by atomic mass is 10.2. The summed E-state index contributed by atoms with van der Waals surface area (Å²) in [4.78, 5) is 1.10. The van der Waals surface area contributed by atoms with Crippen LogP contribution in [0.2, 0.25) is 0 Å². The molecule has 0 spiro atoms. The lowest BCUT2D eigenvalue weighted by Gasteiger charge is -2.16. The second kappa shape index (κ2) is 6.72. The molecule has 98 valence electrons. The van der Waals surface area contributed by atoms with E-state index in [2.05, 4.69) is 26.0 Å². The maximum Gasteiger partial charge on any atom is 0.411 e. The quantitative estimate of drug-likeness (QED) is 0.864. The molecule has 1 N–H and O–H groups in total. The molecular formula is C10H13BrF3NOS. The summed E-state index contributed by atoms with van der Waals surface area (Å²) in [6.45, 7) is -1.15. The number of ether oxygens (including phenoxy) is 1. The highest BCUT2D eigenvalue weighted by atomic mass is 79.9. The van der Waals surface area contributed by atoms with Gasteiger partial charge in [0.25, 0.3) is 0 Å². The predicted octanol–water partition coefficient (Wildman–Crippen LogP) is 3.22. The molecule has 0 saturated carbocycles. The third-order valence-corrected chi connectivity index (χ3v) is 3.72. The number of hydrogen-bond donors (Lipinski definition) is 1. The van der Waals surface area contributed by atoms with Crippen LogP contribution < -0.4 is 5.32 Å². The van der Waals surface area contributed by atoms with E-state index in [0.717, 1.165) is 8.66 Å². The fourth-order valence-corrected chi connectivity index (χ4v) is 2.83. The van der Waals surface area contributed by atoms with Crippen molar-refractivity contribution in [3.8, 4) is 0 Å². The molecule has 0 aliphatic heterocycles. The summed E-state index contributed by atoms with van der Waals surface area (Å²) in [5.74, 6) is 0. The third-order valence-electron chi connectivity index (χ3n) is 2.07. The first-order chi connectivity index (χ1) is 7.90. The Balaban J connectivity index is 2.34. The van der Waals surface area contributed by atoms with Gasteiger partial charge in [0.1, 0.15) is 6.61 Å². The number of thiophene rings is 1. The minimum absolute atomic E-state index is 0.0472. The highest BCUT2D eigenvalue weighted by molar-refractivity contribution is 9.11. The van der Waals surface area contributed by atoms with Crippen molar-refractivity contribution in [2.75, 3.05) is 20.3 Å². The van der Waals surface area contributed by atoms with Crippen molar-refractivity contribution >= 4 is 27.3 Å². The summed E-state index contributed by atoms with van der Waals surface area (Å²) in [5.41, 5.74) is 0. The van der Waals surface area contributed by atoms with Crippen molar-refractivity contribution in [1.82, 2.24) is 5.32 Å². The maximum atomic E-state index is 11.9. The Morgan fingerprint density at radius 3 is 2.65 bits per heavy atom. The molecule has 0 aromatic carbocycles. The van der Waals surface area contributed by atoms with Crippen molar-refractivity contribution < 1.29 is 17.9 Å². The van der Waals surface area contributed by atoms with Crippen LogP contribution in [-0.2, 0) is 11.2 Å². The molecule has 2 nitrogen and oxygen atoms in total. The zero-order valence-corrected chi connectivity index (χ0v) is 11.6. The van der Waals surface area contributed by atoms with Gasteiger partial charge in [-0.05, 0) is 41.5 Å². The van der Waals surface area contributed by atoms with E-state index in [0.29, 0.717) is 6.42 Å². The number of alkyl halides is 3. The number of halogens is 4. The Labute approximate surface area is 110 Å². The van der Waals surface area contributed by atoms with Crippen LogP contribution in [0.15, 0.2) is 15.9 Å². The lowest BCUT2D eigenvalue weighted by Crippen LogP contribution is -2.33. The van der Waals surface area contributed by atoms with Crippen molar-refractivity contribution in [2.24, 2.45) is 0 Å². The van der Waals surface area contributed by atoms with E-state index in [-0.39, 0.29) is 12.6 Å². The van der Waals surface area contributed by atoms with Gasteiger partial charge >= 0.3 is 6.18 Å². The first kappa shape index (κ1) is 14.9. The van der Waals surface area contributed by atoms with Gasteiger partial charge in [-0.2, -0.15) is 13.2 Å². The Kier molecular flexibility index (Phi) is 5.91. The van der Waals surface area contributed by atoms with Gasteiger partial charge in [0.2, 0.25) is 0 Å². The Bertz CT molecular complexity index is 343. The van der Waals surface area contributed by atoms with E-state index in [4.69, 9.17) is 0 Å². The second-order valence-corrected chi connectivity index (χ2v) is 6.07. The van der Waals surface area contributed by atoms with Crippen LogP contribution in [0, 0.1) is 0 Å². The maximum absolute atomic E-state index is 11.9. The average Bonchev–Trinajstić information content (AvgIpc) is 2.60. The molecular weight excluding hydrogens is 319 g/mol. The fourth-order valence-electron chi connectivity index (χ4n) is 1.27. The van der Waals surface area contributed by atoms with Gasteiger partial charge in [0.05, 0.1) is 10.4 Å². The molecule has 0 radical (unpaired) electrons. The van der Waals surface area contributed by atoms with E-state index in [1.54, 1.807) is 18.4 Å². The minimum atomic E-state index is -4.26. The van der Waals surface area contributed by atoms with Gasteiger partial charge in [-0.1, -0.05) is 0 Å². The standard InChI is InChI=1S/C10H13BrF3NOS/c1-15-7(5-16-6-10(12,13)14)4-8-2-3-9(11)17-8/h2-3,7,15H,4-6H2,1H3. The third kappa shape index (κ3) is 6.40. The highest BCUT2D eigenvalue weighted by Gasteiger charge is 2.27. The van der Waals surface area contributed by atoms with Crippen molar-refractivity contribution in [3.63, 3.8) is 0 Å². The molecule has 0 amide bonds. The summed E-state index contributed by atoms with van der Waals surface area (Å²) in [5, 5.41) is 2.95. The largest absolute Gasteiger partial charge is 0.411 e. The van der Waals surface area contributed by atoms with Crippen LogP contribution in [-0.4, -0.2) is 32.5 Å². The summed E-state index contributed by atoms with van der Waals surface area (Å²) < 4.78 is 41.3. The number of hydrogen-bond acceptors (Lipinski definition) is 3. The van der Waals surface area contributed by atoms with Crippen molar-refractivity contribution in [1.29, 1.82) is 0 Å². The normalized spacial score (nSPS) is 13.9. The number of likely N-dealkylation sites (N-methyl/N-ethyl adjacent to an activating group) is 1. The Morgan fingerprint density at radius 2 is 2.18 bits per heavy atom. The number of rotatable bonds is 6. The van der Waals surface area contributed by atoms with E-state index in [1.807, 2.05) is 12.1 Å². The van der Waals surface area contributed by atoms with Crippen LogP contribution >= 0.6 is 27.3 Å². The molecule has 1 aromatic heterocycles.